The highest BCUT2D eigenvalue weighted by atomic mass is 19.3. The minimum atomic E-state index is -3.86. The number of hydrogen-bond donors (Lipinski definition) is 1. The van der Waals surface area contributed by atoms with Crippen LogP contribution in [-0.4, -0.2) is 30.9 Å². The first-order chi connectivity index (χ1) is 8.44. The Morgan fingerprint density at radius 2 is 2.06 bits per heavy atom. The summed E-state index contributed by atoms with van der Waals surface area (Å²) in [6.07, 6.45) is -0.970. The van der Waals surface area contributed by atoms with Crippen LogP contribution in [-0.2, 0) is 11.2 Å². The molecule has 1 aliphatic heterocycles. The summed E-state index contributed by atoms with van der Waals surface area (Å²) in [5, 5.41) is 8.41. The Morgan fingerprint density at radius 3 is 2.61 bits per heavy atom. The largest absolute Gasteiger partial charge is 0.496 e. The highest BCUT2D eigenvalue weighted by molar-refractivity contribution is 5.76. The number of carboxylic acids is 1. The molecule has 2 rings (SSSR count). The number of ether oxygens (including phenoxy) is 3. The maximum atomic E-state index is 13.2. The number of alkyl halides is 2. The summed E-state index contributed by atoms with van der Waals surface area (Å²) in [6, 6.07) is 2.70. The topological polar surface area (TPSA) is 65.0 Å². The Kier molecular flexibility index (Phi) is 2.98. The average molecular weight is 260 g/mol. The smallest absolute Gasteiger partial charge is 0.374 e. The van der Waals surface area contributed by atoms with E-state index < -0.39 is 18.3 Å². The number of halogens is 2. The summed E-state index contributed by atoms with van der Waals surface area (Å²) in [5.41, 5.74) is 0.0501. The first-order valence-electron chi connectivity index (χ1n) is 5.02. The number of carboxylic acid groups (broad SMARTS) is 1. The average Bonchev–Trinajstić information content (AvgIpc) is 2.74. The maximum Gasteiger partial charge on any atom is 0.374 e. The molecule has 1 aromatic carbocycles. The van der Waals surface area contributed by atoms with E-state index in [0.29, 0.717) is 11.5 Å². The van der Waals surface area contributed by atoms with E-state index in [1.807, 2.05) is 0 Å². The van der Waals surface area contributed by atoms with Crippen molar-refractivity contribution in [2.75, 3.05) is 13.9 Å². The fourth-order valence-electron chi connectivity index (χ4n) is 1.61. The lowest BCUT2D eigenvalue weighted by Gasteiger charge is -2.14. The van der Waals surface area contributed by atoms with E-state index in [1.54, 1.807) is 0 Å². The molecule has 7 heteroatoms. The molecule has 0 atom stereocenters. The molecule has 18 heavy (non-hydrogen) atoms. The third kappa shape index (κ3) is 2.15. The van der Waals surface area contributed by atoms with E-state index in [-0.39, 0.29) is 18.1 Å². The van der Waals surface area contributed by atoms with E-state index in [2.05, 4.69) is 0 Å². The van der Waals surface area contributed by atoms with E-state index in [9.17, 15) is 13.6 Å². The Bertz CT molecular complexity index is 487. The van der Waals surface area contributed by atoms with Gasteiger partial charge in [-0.05, 0) is 6.07 Å². The number of aliphatic carboxylic acids is 1. The van der Waals surface area contributed by atoms with Gasteiger partial charge in [0.05, 0.1) is 13.5 Å². The lowest BCUT2D eigenvalue weighted by molar-refractivity contribution is -0.164. The molecule has 0 radical (unpaired) electrons. The molecular weight excluding hydrogens is 250 g/mol. The van der Waals surface area contributed by atoms with Crippen LogP contribution in [0.25, 0.3) is 0 Å². The van der Waals surface area contributed by atoms with Crippen molar-refractivity contribution in [3.8, 4) is 17.2 Å². The van der Waals surface area contributed by atoms with Gasteiger partial charge in [0, 0.05) is 11.6 Å². The van der Waals surface area contributed by atoms with Crippen molar-refractivity contribution < 1.29 is 32.9 Å². The summed E-state index contributed by atoms with van der Waals surface area (Å²) in [6.45, 7) is -0.00271. The van der Waals surface area contributed by atoms with Crippen LogP contribution in [0.15, 0.2) is 12.1 Å². The molecule has 98 valence electrons. The normalized spacial score (nSPS) is 13.5. The molecule has 0 unspecified atom stereocenters. The minimum absolute atomic E-state index is 0.00271. The predicted octanol–water partition coefficient (Wildman–Crippen LogP) is 1.69. The molecular formula is C11H10F2O5. The van der Waals surface area contributed by atoms with Crippen LogP contribution in [0.5, 0.6) is 17.2 Å². The number of rotatable bonds is 4. The third-order valence-electron chi connectivity index (χ3n) is 2.50. The molecule has 0 spiro atoms. The Labute approximate surface area is 101 Å². The highest BCUT2D eigenvalue weighted by Crippen LogP contribution is 2.39. The minimum Gasteiger partial charge on any atom is -0.496 e. The molecule has 5 nitrogen and oxygen atoms in total. The van der Waals surface area contributed by atoms with Gasteiger partial charge in [0.2, 0.25) is 6.79 Å². The van der Waals surface area contributed by atoms with Crippen molar-refractivity contribution in [2.24, 2.45) is 0 Å². The van der Waals surface area contributed by atoms with Gasteiger partial charge in [0.15, 0.2) is 11.5 Å². The molecule has 1 N–H and O–H groups in total. The number of benzene rings is 1. The standard InChI is InChI=1S/C11H10F2O5/c1-16-7-3-9-8(17-5-18-9)2-6(7)4-11(12,13)10(14)15/h2-3H,4-5H2,1H3,(H,14,15). The van der Waals surface area contributed by atoms with Gasteiger partial charge in [-0.3, -0.25) is 0 Å². The number of methoxy groups -OCH3 is 1. The van der Waals surface area contributed by atoms with Crippen LogP contribution in [0, 0.1) is 0 Å². The van der Waals surface area contributed by atoms with Crippen LogP contribution >= 0.6 is 0 Å². The van der Waals surface area contributed by atoms with Gasteiger partial charge < -0.3 is 19.3 Å². The summed E-state index contributed by atoms with van der Waals surface area (Å²) < 4.78 is 41.4. The number of hydrogen-bond acceptors (Lipinski definition) is 4. The van der Waals surface area contributed by atoms with Crippen LogP contribution in [0.1, 0.15) is 5.56 Å². The summed E-state index contributed by atoms with van der Waals surface area (Å²) >= 11 is 0. The molecule has 1 heterocycles. The van der Waals surface area contributed by atoms with Crippen molar-refractivity contribution in [1.29, 1.82) is 0 Å². The second kappa shape index (κ2) is 4.32. The molecule has 0 amide bonds. The molecule has 0 saturated heterocycles. The van der Waals surface area contributed by atoms with Crippen LogP contribution in [0.2, 0.25) is 0 Å². The van der Waals surface area contributed by atoms with Gasteiger partial charge in [0.25, 0.3) is 0 Å². The van der Waals surface area contributed by atoms with Crippen molar-refractivity contribution in [3.63, 3.8) is 0 Å². The van der Waals surface area contributed by atoms with Gasteiger partial charge in [0.1, 0.15) is 5.75 Å². The quantitative estimate of drug-likeness (QED) is 0.892. The third-order valence-corrected chi connectivity index (χ3v) is 2.50. The molecule has 0 aliphatic carbocycles. The van der Waals surface area contributed by atoms with E-state index in [4.69, 9.17) is 19.3 Å². The zero-order valence-corrected chi connectivity index (χ0v) is 9.41. The van der Waals surface area contributed by atoms with Crippen molar-refractivity contribution in [2.45, 2.75) is 12.3 Å². The van der Waals surface area contributed by atoms with Gasteiger partial charge in [-0.25, -0.2) is 4.79 Å². The Balaban J connectivity index is 2.35. The second-order valence-corrected chi connectivity index (χ2v) is 3.70. The fraction of sp³-hybridized carbons (Fsp3) is 0.364. The highest BCUT2D eigenvalue weighted by Gasteiger charge is 2.40. The van der Waals surface area contributed by atoms with Crippen molar-refractivity contribution >= 4 is 5.97 Å². The van der Waals surface area contributed by atoms with E-state index in [1.165, 1.54) is 19.2 Å². The van der Waals surface area contributed by atoms with Crippen LogP contribution in [0.3, 0.4) is 0 Å². The van der Waals surface area contributed by atoms with E-state index in [0.717, 1.165) is 0 Å². The fourth-order valence-corrected chi connectivity index (χ4v) is 1.61. The van der Waals surface area contributed by atoms with Gasteiger partial charge in [-0.15, -0.1) is 0 Å². The monoisotopic (exact) mass is 260 g/mol. The van der Waals surface area contributed by atoms with Crippen molar-refractivity contribution in [1.82, 2.24) is 0 Å². The summed E-state index contributed by atoms with van der Waals surface area (Å²) in [7, 11) is 1.31. The van der Waals surface area contributed by atoms with Gasteiger partial charge in [-0.2, -0.15) is 8.78 Å². The Hall–Kier alpha value is -2.05. The Morgan fingerprint density at radius 1 is 1.44 bits per heavy atom. The molecule has 0 bridgehead atoms. The van der Waals surface area contributed by atoms with Crippen LogP contribution in [0.4, 0.5) is 8.78 Å². The lowest BCUT2D eigenvalue weighted by Crippen LogP contribution is -2.30. The summed E-state index contributed by atoms with van der Waals surface area (Å²) in [5.74, 6) is -5.22. The number of carbonyl (C=O) groups is 1. The molecule has 0 saturated carbocycles. The second-order valence-electron chi connectivity index (χ2n) is 3.70. The SMILES string of the molecule is COc1cc2c(cc1CC(F)(F)C(=O)O)OCO2. The van der Waals surface area contributed by atoms with Crippen LogP contribution < -0.4 is 14.2 Å². The first-order valence-corrected chi connectivity index (χ1v) is 5.02. The molecule has 0 aromatic heterocycles. The van der Waals surface area contributed by atoms with Gasteiger partial charge in [-0.1, -0.05) is 0 Å². The first kappa shape index (κ1) is 12.4. The zero-order chi connectivity index (χ0) is 13.3. The predicted molar refractivity (Wildman–Crippen MR) is 55.4 cm³/mol. The van der Waals surface area contributed by atoms with E-state index >= 15 is 0 Å². The lowest BCUT2D eigenvalue weighted by atomic mass is 10.1. The number of fused-ring (bicyclic) bond motifs is 1. The molecule has 0 fully saturated rings. The van der Waals surface area contributed by atoms with Gasteiger partial charge >= 0.3 is 11.9 Å². The molecule has 1 aliphatic rings. The summed E-state index contributed by atoms with van der Waals surface area (Å²) in [4.78, 5) is 10.4. The zero-order valence-electron chi connectivity index (χ0n) is 9.41. The molecule has 1 aromatic rings. The maximum absolute atomic E-state index is 13.2. The van der Waals surface area contributed by atoms with Crippen molar-refractivity contribution in [3.05, 3.63) is 17.7 Å².